The molecule has 2 heterocycles. The summed E-state index contributed by atoms with van der Waals surface area (Å²) in [5, 5.41) is 0.628. The van der Waals surface area contributed by atoms with E-state index in [9.17, 15) is 22.8 Å². The van der Waals surface area contributed by atoms with E-state index in [-0.39, 0.29) is 29.0 Å². The van der Waals surface area contributed by atoms with Gasteiger partial charge in [-0.15, -0.1) is 0 Å². The predicted octanol–water partition coefficient (Wildman–Crippen LogP) is 5.51. The van der Waals surface area contributed by atoms with Gasteiger partial charge in [0, 0.05) is 17.6 Å². The molecule has 1 amide bonds. The number of carbonyl (C=O) groups is 1. The van der Waals surface area contributed by atoms with Crippen LogP contribution < -0.4 is 5.56 Å². The van der Waals surface area contributed by atoms with Crippen LogP contribution in [-0.2, 0) is 29.4 Å². The molecule has 2 aliphatic rings. The van der Waals surface area contributed by atoms with Gasteiger partial charge in [0.25, 0.3) is 5.56 Å². The first kappa shape index (κ1) is 24.3. The van der Waals surface area contributed by atoms with Gasteiger partial charge in [-0.3, -0.25) is 9.59 Å². The van der Waals surface area contributed by atoms with Crippen molar-refractivity contribution in [3.8, 4) is 0 Å². The fraction of sp³-hybridized carbons (Fsp3) is 0.296. The minimum Gasteiger partial charge on any atom is -0.335 e. The molecule has 0 saturated heterocycles. The Morgan fingerprint density at radius 2 is 1.92 bits per heavy atom. The van der Waals surface area contributed by atoms with Gasteiger partial charge in [-0.1, -0.05) is 35.9 Å². The predicted molar refractivity (Wildman–Crippen MR) is 131 cm³/mol. The Kier molecular flexibility index (Phi) is 6.24. The molecule has 1 aliphatic carbocycles. The van der Waals surface area contributed by atoms with E-state index < -0.39 is 11.7 Å². The summed E-state index contributed by atoms with van der Waals surface area (Å²) in [6.07, 6.45) is 1.04. The van der Waals surface area contributed by atoms with Crippen molar-refractivity contribution in [3.05, 3.63) is 104 Å². The molecule has 0 bridgehead atoms. The smallest absolute Gasteiger partial charge is 0.335 e. The third kappa shape index (κ3) is 4.82. The summed E-state index contributed by atoms with van der Waals surface area (Å²) in [5.41, 5.74) is 1.01. The Morgan fingerprint density at radius 1 is 1.14 bits per heavy atom. The Bertz CT molecular complexity index is 1410. The molecular formula is C27H23ClF3N3O2. The van der Waals surface area contributed by atoms with Crippen LogP contribution in [0.3, 0.4) is 0 Å². The van der Waals surface area contributed by atoms with E-state index in [0.717, 1.165) is 30.5 Å². The Labute approximate surface area is 210 Å². The molecule has 0 radical (unpaired) electrons. The lowest BCUT2D eigenvalue weighted by molar-refractivity contribution is -0.137. The van der Waals surface area contributed by atoms with Crippen LogP contribution in [0.5, 0.6) is 0 Å². The number of aryl methyl sites for hydroxylation is 1. The van der Waals surface area contributed by atoms with Gasteiger partial charge < -0.3 is 9.88 Å². The van der Waals surface area contributed by atoms with E-state index >= 15 is 0 Å². The van der Waals surface area contributed by atoms with Crippen LogP contribution in [0.2, 0.25) is 5.02 Å². The summed E-state index contributed by atoms with van der Waals surface area (Å²) >= 11 is 6.19. The van der Waals surface area contributed by atoms with Crippen molar-refractivity contribution in [2.24, 2.45) is 0 Å². The minimum atomic E-state index is -4.46. The van der Waals surface area contributed by atoms with Crippen LogP contribution in [0.4, 0.5) is 13.2 Å². The summed E-state index contributed by atoms with van der Waals surface area (Å²) < 4.78 is 38.9. The van der Waals surface area contributed by atoms with Crippen LogP contribution in [0.25, 0.3) is 6.08 Å². The van der Waals surface area contributed by atoms with Gasteiger partial charge in [0.1, 0.15) is 5.82 Å². The molecule has 3 aromatic rings. The van der Waals surface area contributed by atoms with Gasteiger partial charge in [-0.05, 0) is 67.2 Å². The number of nitrogens with one attached hydrogen (secondary N) is 1. The van der Waals surface area contributed by atoms with Gasteiger partial charge in [0.05, 0.1) is 28.8 Å². The number of amides is 1. The standard InChI is InChI=1S/C27H23ClF3N3O2/c28-20-7-2-5-18(15-20)26(11-12-26)25-32-22-8-3-13-34(16-21(22)24(36)33-25)23(35)10-9-17-4-1-6-19(14-17)27(29,30)31/h1-2,4-7,9-10,14-15H,3,8,11-13,16H2,(H,32,33,36)/b10-9+. The van der Waals surface area contributed by atoms with Crippen molar-refractivity contribution in [2.75, 3.05) is 6.54 Å². The highest BCUT2D eigenvalue weighted by atomic mass is 35.5. The fourth-order valence-electron chi connectivity index (χ4n) is 4.70. The number of hydrogen-bond donors (Lipinski definition) is 1. The number of aromatic nitrogens is 2. The first-order valence-corrected chi connectivity index (χ1v) is 12.1. The van der Waals surface area contributed by atoms with Crippen LogP contribution in [-0.4, -0.2) is 27.3 Å². The van der Waals surface area contributed by atoms with Gasteiger partial charge >= 0.3 is 6.18 Å². The molecule has 1 saturated carbocycles. The van der Waals surface area contributed by atoms with E-state index in [0.29, 0.717) is 41.5 Å². The average molecular weight is 514 g/mol. The maximum atomic E-state index is 13.1. The summed E-state index contributed by atoms with van der Waals surface area (Å²) in [7, 11) is 0. The number of aromatic amines is 1. The van der Waals surface area contributed by atoms with Crippen molar-refractivity contribution in [1.29, 1.82) is 0 Å². The van der Waals surface area contributed by atoms with E-state index in [1.807, 2.05) is 18.2 Å². The topological polar surface area (TPSA) is 66.1 Å². The molecule has 0 spiro atoms. The molecule has 36 heavy (non-hydrogen) atoms. The molecule has 5 nitrogen and oxygen atoms in total. The van der Waals surface area contributed by atoms with Crippen LogP contribution in [0, 0.1) is 0 Å². The average Bonchev–Trinajstić information content (AvgIpc) is 3.67. The van der Waals surface area contributed by atoms with Crippen molar-refractivity contribution in [3.63, 3.8) is 0 Å². The molecule has 1 aromatic heterocycles. The van der Waals surface area contributed by atoms with Gasteiger partial charge in [0.15, 0.2) is 0 Å². The third-order valence-electron chi connectivity index (χ3n) is 6.82. The maximum Gasteiger partial charge on any atom is 0.416 e. The summed E-state index contributed by atoms with van der Waals surface area (Å²) in [6, 6.07) is 12.4. The van der Waals surface area contributed by atoms with Crippen molar-refractivity contribution in [1.82, 2.24) is 14.9 Å². The summed E-state index contributed by atoms with van der Waals surface area (Å²) in [4.78, 5) is 35.3. The first-order valence-electron chi connectivity index (χ1n) is 11.7. The van der Waals surface area contributed by atoms with Crippen LogP contribution in [0.15, 0.2) is 59.4 Å². The summed E-state index contributed by atoms with van der Waals surface area (Å²) in [5.74, 6) is 0.249. The van der Waals surface area contributed by atoms with Crippen molar-refractivity contribution < 1.29 is 18.0 Å². The molecule has 1 N–H and O–H groups in total. The summed E-state index contributed by atoms with van der Waals surface area (Å²) in [6.45, 7) is 0.504. The number of alkyl halides is 3. The SMILES string of the molecule is O=C(/C=C/c1cccc(C(F)(F)F)c1)N1CCCc2nc(C3(c4cccc(Cl)c4)CC3)[nH]c(=O)c2C1. The number of benzene rings is 2. The first-order chi connectivity index (χ1) is 17.2. The lowest BCUT2D eigenvalue weighted by atomic mass is 9.94. The minimum absolute atomic E-state index is 0.0911. The molecule has 1 aliphatic heterocycles. The lowest BCUT2D eigenvalue weighted by Crippen LogP contribution is -2.32. The number of carbonyl (C=O) groups excluding carboxylic acids is 1. The third-order valence-corrected chi connectivity index (χ3v) is 7.05. The maximum absolute atomic E-state index is 13.1. The Morgan fingerprint density at radius 3 is 2.64 bits per heavy atom. The lowest BCUT2D eigenvalue weighted by Gasteiger charge is -2.20. The Hall–Kier alpha value is -3.39. The highest BCUT2D eigenvalue weighted by Gasteiger charge is 2.48. The zero-order valence-corrected chi connectivity index (χ0v) is 20.0. The second kappa shape index (κ2) is 9.24. The highest BCUT2D eigenvalue weighted by molar-refractivity contribution is 6.30. The Balaban J connectivity index is 1.37. The number of nitrogens with zero attached hydrogens (tertiary/aromatic N) is 2. The zero-order chi connectivity index (χ0) is 25.5. The largest absolute Gasteiger partial charge is 0.416 e. The number of fused-ring (bicyclic) bond motifs is 1. The second-order valence-electron chi connectivity index (χ2n) is 9.25. The normalized spacial score (nSPS) is 17.1. The van der Waals surface area contributed by atoms with Gasteiger partial charge in [-0.2, -0.15) is 13.2 Å². The zero-order valence-electron chi connectivity index (χ0n) is 19.2. The molecule has 5 rings (SSSR count). The highest BCUT2D eigenvalue weighted by Crippen LogP contribution is 2.52. The van der Waals surface area contributed by atoms with Crippen molar-refractivity contribution in [2.45, 2.75) is 43.8 Å². The van der Waals surface area contributed by atoms with Gasteiger partial charge in [-0.25, -0.2) is 4.98 Å². The second-order valence-corrected chi connectivity index (χ2v) is 9.69. The van der Waals surface area contributed by atoms with Crippen LogP contribution >= 0.6 is 11.6 Å². The number of halogens is 4. The van der Waals surface area contributed by atoms with Gasteiger partial charge in [0.2, 0.25) is 5.91 Å². The van der Waals surface area contributed by atoms with Crippen LogP contribution in [0.1, 0.15) is 53.0 Å². The molecule has 0 atom stereocenters. The molecular weight excluding hydrogens is 491 g/mol. The molecule has 0 unspecified atom stereocenters. The van der Waals surface area contributed by atoms with E-state index in [2.05, 4.69) is 4.98 Å². The molecule has 1 fully saturated rings. The number of hydrogen-bond acceptors (Lipinski definition) is 3. The quantitative estimate of drug-likeness (QED) is 0.468. The van der Waals surface area contributed by atoms with E-state index in [1.54, 1.807) is 6.07 Å². The monoisotopic (exact) mass is 513 g/mol. The van der Waals surface area contributed by atoms with E-state index in [4.69, 9.17) is 16.6 Å². The molecule has 2 aromatic carbocycles. The van der Waals surface area contributed by atoms with E-state index in [1.165, 1.54) is 29.2 Å². The molecule has 186 valence electrons. The fourth-order valence-corrected chi connectivity index (χ4v) is 4.89. The number of H-pyrrole nitrogens is 1. The number of rotatable bonds is 4. The van der Waals surface area contributed by atoms with Crippen molar-refractivity contribution >= 4 is 23.6 Å². The molecule has 9 heteroatoms.